The molecule has 1 N–H and O–H groups in total. The van der Waals surface area contributed by atoms with Crippen molar-refractivity contribution >= 4 is 41.7 Å². The van der Waals surface area contributed by atoms with Gasteiger partial charge < -0.3 is 15.1 Å². The van der Waals surface area contributed by atoms with Crippen LogP contribution in [0.3, 0.4) is 0 Å². The number of nitrogens with one attached hydrogen (secondary N) is 1. The number of thioether (sulfide) groups is 1. The van der Waals surface area contributed by atoms with E-state index >= 15 is 0 Å². The van der Waals surface area contributed by atoms with Gasteiger partial charge in [-0.15, -0.1) is 24.2 Å². The molecule has 3 rings (SSSR count). The van der Waals surface area contributed by atoms with E-state index in [4.69, 9.17) is 0 Å². The van der Waals surface area contributed by atoms with Gasteiger partial charge in [0.2, 0.25) is 11.8 Å². The third-order valence-corrected chi connectivity index (χ3v) is 5.81. The maximum Gasteiger partial charge on any atom is 0.228 e. The molecule has 0 radical (unpaired) electrons. The number of hydrogen-bond donors (Lipinski definition) is 1. The van der Waals surface area contributed by atoms with Crippen molar-refractivity contribution in [3.8, 4) is 0 Å². The maximum atomic E-state index is 12.8. The van der Waals surface area contributed by atoms with Gasteiger partial charge in [-0.3, -0.25) is 9.59 Å². The molecule has 2 fully saturated rings. The van der Waals surface area contributed by atoms with E-state index in [0.717, 1.165) is 31.6 Å². The molecule has 138 valence electrons. The fraction of sp³-hybridized carbons (Fsp3) is 0.556. The van der Waals surface area contributed by atoms with Crippen LogP contribution in [-0.2, 0) is 9.59 Å². The molecule has 1 unspecified atom stereocenters. The Bertz CT molecular complexity index is 605. The Morgan fingerprint density at radius 3 is 2.48 bits per heavy atom. The number of anilines is 1. The Morgan fingerprint density at radius 2 is 1.88 bits per heavy atom. The molecular weight excluding hydrogens is 358 g/mol. The molecule has 7 heteroatoms. The number of benzene rings is 1. The lowest BCUT2D eigenvalue weighted by molar-refractivity contribution is -0.137. The molecule has 2 heterocycles. The number of carbonyl (C=O) groups excluding carboxylic acids is 2. The fourth-order valence-electron chi connectivity index (χ4n) is 3.55. The highest BCUT2D eigenvalue weighted by Crippen LogP contribution is 2.28. The van der Waals surface area contributed by atoms with Crippen LogP contribution >= 0.6 is 24.2 Å². The minimum Gasteiger partial charge on any atom is -0.342 e. The van der Waals surface area contributed by atoms with Gasteiger partial charge in [0.15, 0.2) is 0 Å². The first-order valence-electron chi connectivity index (χ1n) is 8.52. The van der Waals surface area contributed by atoms with Crippen LogP contribution < -0.4 is 10.2 Å². The predicted molar refractivity (Wildman–Crippen MR) is 105 cm³/mol. The van der Waals surface area contributed by atoms with Gasteiger partial charge in [0.05, 0.1) is 5.92 Å². The minimum absolute atomic E-state index is 0. The molecule has 5 nitrogen and oxygen atoms in total. The van der Waals surface area contributed by atoms with E-state index in [2.05, 4.69) is 5.32 Å². The summed E-state index contributed by atoms with van der Waals surface area (Å²) in [5.74, 6) is -0.0694. The topological polar surface area (TPSA) is 52.7 Å². The number of rotatable bonds is 4. The second-order valence-electron chi connectivity index (χ2n) is 6.53. The van der Waals surface area contributed by atoms with Crippen molar-refractivity contribution in [1.82, 2.24) is 10.2 Å². The highest BCUT2D eigenvalue weighted by Gasteiger charge is 2.37. The molecule has 0 bridgehead atoms. The van der Waals surface area contributed by atoms with Crippen molar-refractivity contribution in [2.45, 2.75) is 30.2 Å². The van der Waals surface area contributed by atoms with Crippen LogP contribution in [0.2, 0.25) is 0 Å². The second kappa shape index (κ2) is 8.92. The summed E-state index contributed by atoms with van der Waals surface area (Å²) >= 11 is 1.68. The molecule has 0 aromatic heterocycles. The van der Waals surface area contributed by atoms with Crippen LogP contribution in [0.5, 0.6) is 0 Å². The molecule has 2 aliphatic heterocycles. The molecule has 0 aliphatic carbocycles. The summed E-state index contributed by atoms with van der Waals surface area (Å²) in [4.78, 5) is 30.0. The summed E-state index contributed by atoms with van der Waals surface area (Å²) in [6, 6.07) is 8.26. The number of piperidine rings is 1. The van der Waals surface area contributed by atoms with Gasteiger partial charge >= 0.3 is 0 Å². The zero-order chi connectivity index (χ0) is 17.1. The third kappa shape index (κ3) is 4.49. The van der Waals surface area contributed by atoms with Crippen LogP contribution in [0.25, 0.3) is 0 Å². The molecule has 1 aromatic carbocycles. The molecule has 1 atom stereocenters. The molecule has 25 heavy (non-hydrogen) atoms. The number of carbonyl (C=O) groups is 2. The highest BCUT2D eigenvalue weighted by molar-refractivity contribution is 7.98. The van der Waals surface area contributed by atoms with Crippen molar-refractivity contribution in [3.63, 3.8) is 0 Å². The zero-order valence-electron chi connectivity index (χ0n) is 14.7. The Kier molecular flexibility index (Phi) is 7.16. The lowest BCUT2D eigenvalue weighted by Gasteiger charge is -2.33. The summed E-state index contributed by atoms with van der Waals surface area (Å²) in [5.41, 5.74) is 0.887. The van der Waals surface area contributed by atoms with Crippen LogP contribution in [0.15, 0.2) is 29.2 Å². The van der Waals surface area contributed by atoms with Crippen LogP contribution in [0, 0.1) is 5.92 Å². The van der Waals surface area contributed by atoms with E-state index in [1.807, 2.05) is 42.5 Å². The molecule has 0 saturated carbocycles. The van der Waals surface area contributed by atoms with Crippen molar-refractivity contribution in [1.29, 1.82) is 0 Å². The largest absolute Gasteiger partial charge is 0.342 e. The Labute approximate surface area is 159 Å². The van der Waals surface area contributed by atoms with Crippen LogP contribution in [-0.4, -0.2) is 55.7 Å². The van der Waals surface area contributed by atoms with E-state index in [0.29, 0.717) is 19.0 Å². The molecule has 2 saturated heterocycles. The van der Waals surface area contributed by atoms with Gasteiger partial charge in [0.1, 0.15) is 0 Å². The first-order valence-corrected chi connectivity index (χ1v) is 9.74. The number of nitrogens with zero attached hydrogens (tertiary/aromatic N) is 2. The first kappa shape index (κ1) is 20.1. The molecule has 2 aliphatic rings. The number of halogens is 1. The summed E-state index contributed by atoms with van der Waals surface area (Å²) in [5, 5.41) is 3.32. The molecule has 0 spiro atoms. The Balaban J connectivity index is 0.00000225. The highest BCUT2D eigenvalue weighted by atomic mass is 35.5. The van der Waals surface area contributed by atoms with E-state index in [9.17, 15) is 9.59 Å². The van der Waals surface area contributed by atoms with Gasteiger partial charge in [-0.25, -0.2) is 0 Å². The SMILES string of the molecule is CSc1ccc(N2CC(C(=O)N(C)C3CCNCC3)CC2=O)cc1.Cl. The monoisotopic (exact) mass is 383 g/mol. The smallest absolute Gasteiger partial charge is 0.228 e. The first-order chi connectivity index (χ1) is 11.6. The van der Waals surface area contributed by atoms with Crippen LogP contribution in [0.4, 0.5) is 5.69 Å². The Morgan fingerprint density at radius 1 is 1.24 bits per heavy atom. The van der Waals surface area contributed by atoms with Gasteiger partial charge in [-0.2, -0.15) is 0 Å². The van der Waals surface area contributed by atoms with Crippen molar-refractivity contribution in [2.75, 3.05) is 37.8 Å². The average Bonchev–Trinajstić information content (AvgIpc) is 3.03. The third-order valence-electron chi connectivity index (χ3n) is 5.06. The zero-order valence-corrected chi connectivity index (χ0v) is 16.4. The van der Waals surface area contributed by atoms with Crippen molar-refractivity contribution in [2.24, 2.45) is 5.92 Å². The van der Waals surface area contributed by atoms with Gasteiger partial charge in [0.25, 0.3) is 0 Å². The van der Waals surface area contributed by atoms with Crippen molar-refractivity contribution in [3.05, 3.63) is 24.3 Å². The molecule has 1 aromatic rings. The molecular formula is C18H26ClN3O2S. The van der Waals surface area contributed by atoms with Crippen molar-refractivity contribution < 1.29 is 9.59 Å². The fourth-order valence-corrected chi connectivity index (χ4v) is 3.95. The van der Waals surface area contributed by atoms with E-state index in [-0.39, 0.29) is 30.1 Å². The van der Waals surface area contributed by atoms with E-state index < -0.39 is 0 Å². The Hall–Kier alpha value is -1.24. The lowest BCUT2D eigenvalue weighted by Crippen LogP contribution is -2.46. The molecule has 2 amide bonds. The minimum atomic E-state index is -0.224. The predicted octanol–water partition coefficient (Wildman–Crippen LogP) is 2.39. The van der Waals surface area contributed by atoms with E-state index in [1.165, 1.54) is 4.90 Å². The maximum absolute atomic E-state index is 12.8. The van der Waals surface area contributed by atoms with Gasteiger partial charge in [-0.1, -0.05) is 0 Å². The summed E-state index contributed by atoms with van der Waals surface area (Å²) < 4.78 is 0. The van der Waals surface area contributed by atoms with Gasteiger partial charge in [-0.05, 0) is 56.5 Å². The van der Waals surface area contributed by atoms with E-state index in [1.54, 1.807) is 16.7 Å². The summed E-state index contributed by atoms with van der Waals surface area (Å²) in [7, 11) is 1.89. The van der Waals surface area contributed by atoms with Crippen LogP contribution in [0.1, 0.15) is 19.3 Å². The quantitative estimate of drug-likeness (QED) is 0.811. The number of amides is 2. The summed E-state index contributed by atoms with van der Waals surface area (Å²) in [6.07, 6.45) is 4.32. The average molecular weight is 384 g/mol. The normalized spacial score (nSPS) is 21.1. The second-order valence-corrected chi connectivity index (χ2v) is 7.41. The lowest BCUT2D eigenvalue weighted by atomic mass is 10.0. The standard InChI is InChI=1S/C18H25N3O2S.ClH/c1-20(14-7-9-19-10-8-14)18(23)13-11-17(22)21(12-13)15-3-5-16(24-2)6-4-15;/h3-6,13-14,19H,7-12H2,1-2H3;1H. The summed E-state index contributed by atoms with van der Waals surface area (Å²) in [6.45, 7) is 2.41. The number of hydrogen-bond acceptors (Lipinski definition) is 4. The van der Waals surface area contributed by atoms with Gasteiger partial charge in [0, 0.05) is 36.6 Å².